The number of fused-ring (bicyclic) bond motifs is 1. The molecule has 0 unspecified atom stereocenters. The molecule has 2 aromatic rings. The van der Waals surface area contributed by atoms with Crippen LogP contribution in [-0.4, -0.2) is 14.8 Å². The molecular formula is C17H21N5. The average molecular weight is 295 g/mol. The summed E-state index contributed by atoms with van der Waals surface area (Å²) in [6.07, 6.45) is 7.37. The van der Waals surface area contributed by atoms with Crippen LogP contribution < -0.4 is 5.32 Å². The first-order valence-electron chi connectivity index (χ1n) is 7.89. The lowest BCUT2D eigenvalue weighted by Crippen LogP contribution is -2.11. The molecule has 0 saturated heterocycles. The van der Waals surface area contributed by atoms with Crippen LogP contribution in [0.4, 0.5) is 5.82 Å². The number of aryl methyl sites for hydroxylation is 4. The zero-order valence-corrected chi connectivity index (χ0v) is 13.2. The van der Waals surface area contributed by atoms with Crippen molar-refractivity contribution in [2.45, 2.75) is 45.6 Å². The van der Waals surface area contributed by atoms with Crippen molar-refractivity contribution in [2.75, 3.05) is 5.32 Å². The van der Waals surface area contributed by atoms with Gasteiger partial charge in [0.15, 0.2) is 0 Å². The van der Waals surface area contributed by atoms with Gasteiger partial charge < -0.3 is 5.32 Å². The largest absolute Gasteiger partial charge is 0.365 e. The molecular weight excluding hydrogens is 274 g/mol. The average Bonchev–Trinajstić information content (AvgIpc) is 2.91. The van der Waals surface area contributed by atoms with E-state index in [-0.39, 0.29) is 0 Å². The molecule has 1 aliphatic rings. The third-order valence-electron chi connectivity index (χ3n) is 4.19. The van der Waals surface area contributed by atoms with E-state index in [1.54, 1.807) is 0 Å². The summed E-state index contributed by atoms with van der Waals surface area (Å²) in [5.74, 6) is 0.703. The molecule has 2 aromatic heterocycles. The quantitative estimate of drug-likeness (QED) is 0.942. The molecule has 5 nitrogen and oxygen atoms in total. The van der Waals surface area contributed by atoms with Gasteiger partial charge in [-0.25, -0.2) is 4.98 Å². The summed E-state index contributed by atoms with van der Waals surface area (Å²) in [5.41, 5.74) is 5.28. The maximum atomic E-state index is 9.38. The molecule has 0 bridgehead atoms. The smallest absolute Gasteiger partial charge is 0.144 e. The summed E-state index contributed by atoms with van der Waals surface area (Å²) >= 11 is 0. The van der Waals surface area contributed by atoms with Gasteiger partial charge in [-0.3, -0.25) is 4.68 Å². The van der Waals surface area contributed by atoms with Crippen molar-refractivity contribution < 1.29 is 0 Å². The van der Waals surface area contributed by atoms with Crippen LogP contribution in [0.15, 0.2) is 12.3 Å². The van der Waals surface area contributed by atoms with Crippen LogP contribution >= 0.6 is 0 Å². The normalized spacial score (nSPS) is 13.5. The van der Waals surface area contributed by atoms with Crippen molar-refractivity contribution in [3.8, 4) is 6.07 Å². The van der Waals surface area contributed by atoms with Gasteiger partial charge in [0.2, 0.25) is 0 Å². The first-order chi connectivity index (χ1) is 10.7. The van der Waals surface area contributed by atoms with Crippen LogP contribution in [0.3, 0.4) is 0 Å². The van der Waals surface area contributed by atoms with E-state index in [2.05, 4.69) is 23.4 Å². The van der Waals surface area contributed by atoms with Crippen LogP contribution in [-0.2, 0) is 32.9 Å². The number of hydrogen-bond acceptors (Lipinski definition) is 4. The van der Waals surface area contributed by atoms with E-state index in [1.165, 1.54) is 18.4 Å². The van der Waals surface area contributed by atoms with E-state index >= 15 is 0 Å². The molecule has 0 fully saturated rings. The lowest BCUT2D eigenvalue weighted by atomic mass is 9.95. The number of nitrogens with one attached hydrogen (secondary N) is 1. The first kappa shape index (κ1) is 14.6. The van der Waals surface area contributed by atoms with E-state index < -0.39 is 0 Å². The van der Waals surface area contributed by atoms with Gasteiger partial charge >= 0.3 is 0 Å². The monoisotopic (exact) mass is 295 g/mol. The van der Waals surface area contributed by atoms with Gasteiger partial charge in [-0.15, -0.1) is 0 Å². The molecule has 0 radical (unpaired) electrons. The van der Waals surface area contributed by atoms with Gasteiger partial charge in [0.05, 0.1) is 11.3 Å². The topological polar surface area (TPSA) is 66.5 Å². The minimum absolute atomic E-state index is 0.641. The SMILES string of the molecule is CCc1nn(C)cc1CNc1nc2c(cc1C#N)CCCC2. The number of hydrogen-bond donors (Lipinski definition) is 1. The lowest BCUT2D eigenvalue weighted by Gasteiger charge is -2.17. The highest BCUT2D eigenvalue weighted by Crippen LogP contribution is 2.24. The van der Waals surface area contributed by atoms with Gasteiger partial charge in [0.25, 0.3) is 0 Å². The van der Waals surface area contributed by atoms with E-state index in [0.717, 1.165) is 36.2 Å². The Labute approximate surface area is 131 Å². The molecule has 5 heteroatoms. The summed E-state index contributed by atoms with van der Waals surface area (Å²) in [4.78, 5) is 4.70. The zero-order chi connectivity index (χ0) is 15.5. The van der Waals surface area contributed by atoms with Crippen molar-refractivity contribution >= 4 is 5.82 Å². The van der Waals surface area contributed by atoms with Gasteiger partial charge in [-0.1, -0.05) is 6.92 Å². The number of nitrogens with zero attached hydrogens (tertiary/aromatic N) is 4. The number of nitriles is 1. The molecule has 3 rings (SSSR count). The predicted octanol–water partition coefficient (Wildman–Crippen LogP) is 2.74. The summed E-state index contributed by atoms with van der Waals surface area (Å²) < 4.78 is 1.83. The molecule has 114 valence electrons. The Bertz CT molecular complexity index is 723. The summed E-state index contributed by atoms with van der Waals surface area (Å²) in [7, 11) is 1.93. The summed E-state index contributed by atoms with van der Waals surface area (Å²) in [6, 6.07) is 4.28. The number of aromatic nitrogens is 3. The highest BCUT2D eigenvalue weighted by atomic mass is 15.3. The second kappa shape index (κ2) is 6.18. The molecule has 22 heavy (non-hydrogen) atoms. The van der Waals surface area contributed by atoms with Crippen molar-refractivity contribution in [3.63, 3.8) is 0 Å². The van der Waals surface area contributed by atoms with Crippen molar-refractivity contribution in [1.82, 2.24) is 14.8 Å². The Morgan fingerprint density at radius 3 is 2.95 bits per heavy atom. The van der Waals surface area contributed by atoms with E-state index in [1.807, 2.05) is 24.0 Å². The Balaban J connectivity index is 1.84. The molecule has 0 aromatic carbocycles. The molecule has 0 spiro atoms. The fourth-order valence-electron chi connectivity index (χ4n) is 3.06. The third-order valence-corrected chi connectivity index (χ3v) is 4.19. The molecule has 0 atom stereocenters. The standard InChI is InChI=1S/C17H21N5/c1-3-15-14(11-22(2)21-15)10-19-17-13(9-18)8-12-6-4-5-7-16(12)20-17/h8,11H,3-7,10H2,1-2H3,(H,19,20). The zero-order valence-electron chi connectivity index (χ0n) is 13.2. The molecule has 0 amide bonds. The van der Waals surface area contributed by atoms with E-state index in [9.17, 15) is 5.26 Å². The number of rotatable bonds is 4. The molecule has 1 N–H and O–H groups in total. The highest BCUT2D eigenvalue weighted by molar-refractivity contribution is 5.55. The van der Waals surface area contributed by atoms with Crippen molar-refractivity contribution in [2.24, 2.45) is 7.05 Å². The van der Waals surface area contributed by atoms with Crippen LogP contribution in [0.5, 0.6) is 0 Å². The third kappa shape index (κ3) is 2.82. The Kier molecular flexibility index (Phi) is 4.10. The number of anilines is 1. The fourth-order valence-corrected chi connectivity index (χ4v) is 3.06. The molecule has 0 aliphatic heterocycles. The highest BCUT2D eigenvalue weighted by Gasteiger charge is 2.15. The predicted molar refractivity (Wildman–Crippen MR) is 85.5 cm³/mol. The van der Waals surface area contributed by atoms with Gasteiger partial charge in [0, 0.05) is 31.0 Å². The van der Waals surface area contributed by atoms with Crippen LogP contribution in [0.1, 0.15) is 47.8 Å². The van der Waals surface area contributed by atoms with Gasteiger partial charge in [0.1, 0.15) is 11.9 Å². The summed E-state index contributed by atoms with van der Waals surface area (Å²) in [5, 5.41) is 17.2. The summed E-state index contributed by atoms with van der Waals surface area (Å²) in [6.45, 7) is 2.75. The van der Waals surface area contributed by atoms with Crippen molar-refractivity contribution in [1.29, 1.82) is 5.26 Å². The lowest BCUT2D eigenvalue weighted by molar-refractivity contribution is 0.668. The minimum atomic E-state index is 0.641. The van der Waals surface area contributed by atoms with Crippen LogP contribution in [0.25, 0.3) is 0 Å². The Hall–Kier alpha value is -2.35. The Morgan fingerprint density at radius 2 is 2.18 bits per heavy atom. The van der Waals surface area contributed by atoms with Gasteiger partial charge in [-0.05, 0) is 43.7 Å². The van der Waals surface area contributed by atoms with Crippen LogP contribution in [0.2, 0.25) is 0 Å². The number of pyridine rings is 1. The molecule has 2 heterocycles. The second-order valence-corrected chi connectivity index (χ2v) is 5.79. The van der Waals surface area contributed by atoms with Crippen LogP contribution in [0, 0.1) is 11.3 Å². The van der Waals surface area contributed by atoms with Crippen molar-refractivity contribution in [3.05, 3.63) is 40.3 Å². The maximum Gasteiger partial charge on any atom is 0.144 e. The van der Waals surface area contributed by atoms with Gasteiger partial charge in [-0.2, -0.15) is 10.4 Å². The molecule has 1 aliphatic carbocycles. The first-order valence-corrected chi connectivity index (χ1v) is 7.89. The van der Waals surface area contributed by atoms with E-state index in [0.29, 0.717) is 17.9 Å². The maximum absolute atomic E-state index is 9.38. The van der Waals surface area contributed by atoms with E-state index in [4.69, 9.17) is 4.98 Å². The minimum Gasteiger partial charge on any atom is -0.365 e. The second-order valence-electron chi connectivity index (χ2n) is 5.79. The molecule has 0 saturated carbocycles. The fraction of sp³-hybridized carbons (Fsp3) is 0.471. The Morgan fingerprint density at radius 1 is 1.36 bits per heavy atom.